The smallest absolute Gasteiger partial charge is 0.244 e. The van der Waals surface area contributed by atoms with Gasteiger partial charge < -0.3 is 19.9 Å². The lowest BCUT2D eigenvalue weighted by Crippen LogP contribution is -2.72. The van der Waals surface area contributed by atoms with Gasteiger partial charge in [-0.05, 0) is 49.6 Å². The van der Waals surface area contributed by atoms with Gasteiger partial charge in [-0.25, -0.2) is 0 Å². The number of hydrazine groups is 1. The zero-order valence-electron chi connectivity index (χ0n) is 24.4. The van der Waals surface area contributed by atoms with Gasteiger partial charge in [-0.1, -0.05) is 32.1 Å². The number of benzene rings is 1. The molecule has 6 atom stereocenters. The summed E-state index contributed by atoms with van der Waals surface area (Å²) in [5.74, 6) is 0.0909. The van der Waals surface area contributed by atoms with Gasteiger partial charge >= 0.3 is 0 Å². The summed E-state index contributed by atoms with van der Waals surface area (Å²) in [6.45, 7) is 8.86. The molecule has 6 heterocycles. The maximum Gasteiger partial charge on any atom is 0.244 e. The quantitative estimate of drug-likeness (QED) is 0.391. The van der Waals surface area contributed by atoms with Gasteiger partial charge in [-0.3, -0.25) is 30.5 Å². The molecule has 4 N–H and O–H groups in total. The first-order valence-electron chi connectivity index (χ1n) is 15.3. The van der Waals surface area contributed by atoms with Gasteiger partial charge in [0.2, 0.25) is 11.8 Å². The topological polar surface area (TPSA) is 104 Å². The normalized spacial score (nSPS) is 36.5. The molecule has 1 aromatic carbocycles. The van der Waals surface area contributed by atoms with Crippen molar-refractivity contribution in [2.45, 2.75) is 82.4 Å². The van der Waals surface area contributed by atoms with E-state index >= 15 is 0 Å². The molecule has 11 nitrogen and oxygen atoms in total. The number of fused-ring (bicyclic) bond motifs is 6. The fourth-order valence-corrected chi connectivity index (χ4v) is 7.93. The Kier molecular flexibility index (Phi) is 7.08. The molecule has 0 radical (unpaired) electrons. The Labute approximate surface area is 242 Å². The minimum absolute atomic E-state index is 0.0200. The van der Waals surface area contributed by atoms with Gasteiger partial charge in [0.25, 0.3) is 0 Å². The van der Waals surface area contributed by atoms with Crippen molar-refractivity contribution in [3.63, 3.8) is 0 Å². The van der Waals surface area contributed by atoms with Crippen molar-refractivity contribution >= 4 is 17.5 Å². The van der Waals surface area contributed by atoms with Gasteiger partial charge in [-0.2, -0.15) is 5.01 Å². The summed E-state index contributed by atoms with van der Waals surface area (Å²) in [6, 6.07) is 6.71. The van der Waals surface area contributed by atoms with Crippen LogP contribution < -0.4 is 21.3 Å². The molecular weight excluding hydrogens is 520 g/mol. The van der Waals surface area contributed by atoms with Crippen LogP contribution in [0.25, 0.3) is 0 Å². The highest BCUT2D eigenvalue weighted by Crippen LogP contribution is 2.36. The van der Waals surface area contributed by atoms with E-state index in [1.54, 1.807) is 0 Å². The number of hydrogen-bond acceptors (Lipinski definition) is 9. The number of nitrogens with one attached hydrogen (secondary N) is 4. The van der Waals surface area contributed by atoms with Crippen molar-refractivity contribution in [2.75, 3.05) is 45.2 Å². The lowest BCUT2D eigenvalue weighted by atomic mass is 9.78. The third kappa shape index (κ3) is 4.96. The number of rotatable bonds is 2. The third-order valence-corrected chi connectivity index (χ3v) is 9.70. The van der Waals surface area contributed by atoms with E-state index in [1.165, 1.54) is 11.1 Å². The summed E-state index contributed by atoms with van der Waals surface area (Å²) in [5, 5.41) is 18.8. The first-order chi connectivity index (χ1) is 19.8. The molecular formula is C30H44N8O3. The Morgan fingerprint density at radius 2 is 1.98 bits per heavy atom. The van der Waals surface area contributed by atoms with E-state index in [0.717, 1.165) is 31.6 Å². The molecule has 6 aliphatic heterocycles. The van der Waals surface area contributed by atoms with E-state index in [2.05, 4.69) is 70.3 Å². The van der Waals surface area contributed by atoms with Crippen molar-refractivity contribution in [1.82, 2.24) is 35.8 Å². The molecule has 6 aliphatic rings. The Morgan fingerprint density at radius 3 is 2.85 bits per heavy atom. The van der Waals surface area contributed by atoms with E-state index in [-0.39, 0.29) is 54.0 Å². The maximum atomic E-state index is 13.7. The van der Waals surface area contributed by atoms with Crippen LogP contribution in [0.5, 0.6) is 0 Å². The Bertz CT molecular complexity index is 1220. The summed E-state index contributed by atoms with van der Waals surface area (Å²) >= 11 is 0. The molecule has 0 spiro atoms. The highest BCUT2D eigenvalue weighted by atomic mass is 16.5. The number of nitrogens with zero attached hydrogens (tertiary/aromatic N) is 4. The number of morpholine rings is 1. The zero-order valence-corrected chi connectivity index (χ0v) is 24.4. The van der Waals surface area contributed by atoms with Crippen LogP contribution >= 0.6 is 0 Å². The zero-order chi connectivity index (χ0) is 28.3. The van der Waals surface area contributed by atoms with Gasteiger partial charge in [0, 0.05) is 43.7 Å². The van der Waals surface area contributed by atoms with Crippen LogP contribution in [0.1, 0.15) is 50.7 Å². The third-order valence-electron chi connectivity index (χ3n) is 9.70. The molecule has 4 fully saturated rings. The fourth-order valence-electron chi connectivity index (χ4n) is 7.93. The first-order valence-corrected chi connectivity index (χ1v) is 15.3. The summed E-state index contributed by atoms with van der Waals surface area (Å²) in [6.07, 6.45) is 6.25. The lowest BCUT2D eigenvalue weighted by Gasteiger charge is -2.50. The average Bonchev–Trinajstić information content (AvgIpc) is 3.21. The number of amides is 2. The molecule has 7 rings (SSSR count). The summed E-state index contributed by atoms with van der Waals surface area (Å²) < 4.78 is 6.08. The number of hydrogen-bond donors (Lipinski definition) is 4. The molecule has 2 amide bonds. The van der Waals surface area contributed by atoms with E-state index in [0.29, 0.717) is 39.1 Å². The highest BCUT2D eigenvalue weighted by molar-refractivity contribution is 5.82. The predicted octanol–water partition coefficient (Wildman–Crippen LogP) is 0.912. The predicted molar refractivity (Wildman–Crippen MR) is 155 cm³/mol. The summed E-state index contributed by atoms with van der Waals surface area (Å²) in [5.41, 5.74) is 3.95. The maximum absolute atomic E-state index is 13.7. The van der Waals surface area contributed by atoms with E-state index < -0.39 is 0 Å². The van der Waals surface area contributed by atoms with Gasteiger partial charge in [0.05, 0.1) is 37.5 Å². The Balaban J connectivity index is 1.13. The van der Waals surface area contributed by atoms with E-state index in [9.17, 15) is 9.59 Å². The standard InChI is InChI=1S/C30H44N8O3/c1-30(2)18-35(3)17-19-15-20(8-9-22(19)30)32-29-31-16-21-26(34-29)38-24-11-10-23-27(33-24)36(13-14-41-23)25(39)7-5-4-6-12-37(38)28(21)40/h4,6,8-9,15,21,23-24,26-27,29,31-34H,5,7,10-14,16-18H2,1-3H3/b6-4-. The summed E-state index contributed by atoms with van der Waals surface area (Å²) in [7, 11) is 2.18. The van der Waals surface area contributed by atoms with Crippen LogP contribution in [0.15, 0.2) is 30.4 Å². The molecule has 0 aliphatic carbocycles. The van der Waals surface area contributed by atoms with Gasteiger partial charge in [0.1, 0.15) is 12.5 Å². The molecule has 0 aromatic heterocycles. The van der Waals surface area contributed by atoms with Crippen molar-refractivity contribution in [3.8, 4) is 0 Å². The number of anilines is 1. The number of carbonyl (C=O) groups is 2. The molecule has 11 heteroatoms. The number of allylic oxidation sites excluding steroid dienone is 1. The molecule has 0 saturated carbocycles. The minimum atomic E-state index is -0.204. The van der Waals surface area contributed by atoms with Gasteiger partial charge in [-0.15, -0.1) is 0 Å². The molecule has 222 valence electrons. The van der Waals surface area contributed by atoms with Crippen molar-refractivity contribution in [3.05, 3.63) is 41.5 Å². The second-order valence-electron chi connectivity index (χ2n) is 13.1. The second kappa shape index (κ2) is 10.6. The van der Waals surface area contributed by atoms with Crippen LogP contribution in [0, 0.1) is 5.92 Å². The summed E-state index contributed by atoms with van der Waals surface area (Å²) in [4.78, 5) is 31.2. The monoisotopic (exact) mass is 564 g/mol. The van der Waals surface area contributed by atoms with Crippen molar-refractivity contribution < 1.29 is 14.3 Å². The molecule has 1 aromatic rings. The minimum Gasteiger partial charge on any atom is -0.373 e. The van der Waals surface area contributed by atoms with Crippen molar-refractivity contribution in [2.24, 2.45) is 5.92 Å². The highest BCUT2D eigenvalue weighted by Gasteiger charge is 2.53. The Hall–Kier alpha value is -2.54. The van der Waals surface area contributed by atoms with Crippen LogP contribution in [0.2, 0.25) is 0 Å². The van der Waals surface area contributed by atoms with Crippen LogP contribution in [-0.2, 0) is 26.3 Å². The second-order valence-corrected chi connectivity index (χ2v) is 13.1. The lowest BCUT2D eigenvalue weighted by molar-refractivity contribution is -0.170. The van der Waals surface area contributed by atoms with Crippen LogP contribution in [0.4, 0.5) is 5.69 Å². The van der Waals surface area contributed by atoms with E-state index in [4.69, 9.17) is 4.74 Å². The number of carbonyl (C=O) groups excluding carboxylic acids is 2. The Morgan fingerprint density at radius 1 is 1.10 bits per heavy atom. The molecule has 2 bridgehead atoms. The number of likely N-dealkylation sites (N-methyl/N-ethyl adjacent to an activating group) is 1. The number of ether oxygens (including phenoxy) is 1. The molecule has 4 saturated heterocycles. The van der Waals surface area contributed by atoms with Crippen LogP contribution in [-0.4, -0.2) is 102 Å². The molecule has 41 heavy (non-hydrogen) atoms. The number of piperidine rings is 1. The molecule has 6 unspecified atom stereocenters. The average molecular weight is 565 g/mol. The van der Waals surface area contributed by atoms with E-state index in [1.807, 2.05) is 22.1 Å². The largest absolute Gasteiger partial charge is 0.373 e. The SMILES string of the molecule is CN1Cc2cc(NC3NCC4C(=O)N5C/C=C\CCC(=O)N6CCOC7CCC(NC76)N5C4N3)ccc2C(C)(C)C1. The first kappa shape index (κ1) is 27.3. The van der Waals surface area contributed by atoms with Gasteiger partial charge in [0.15, 0.2) is 0 Å². The van der Waals surface area contributed by atoms with Crippen molar-refractivity contribution in [1.29, 1.82) is 0 Å². The fraction of sp³-hybridized carbons (Fsp3) is 0.667. The van der Waals surface area contributed by atoms with Crippen LogP contribution in [0.3, 0.4) is 0 Å².